The van der Waals surface area contributed by atoms with Crippen LogP contribution in [-0.2, 0) is 0 Å². The molecule has 1 aliphatic rings. The quantitative estimate of drug-likeness (QED) is 0.840. The van der Waals surface area contributed by atoms with Crippen molar-refractivity contribution < 1.29 is 27.4 Å². The van der Waals surface area contributed by atoms with Crippen LogP contribution >= 0.6 is 0 Å². The Labute approximate surface area is 107 Å². The van der Waals surface area contributed by atoms with Gasteiger partial charge in [0.1, 0.15) is 0 Å². The molecule has 2 nitrogen and oxygen atoms in total. The molecule has 0 heterocycles. The lowest BCUT2D eigenvalue weighted by Gasteiger charge is -2.29. The first-order chi connectivity index (χ1) is 8.81. The Morgan fingerprint density at radius 1 is 1.32 bits per heavy atom. The Morgan fingerprint density at radius 3 is 2.58 bits per heavy atom. The summed E-state index contributed by atoms with van der Waals surface area (Å²) in [5, 5.41) is 9.88. The summed E-state index contributed by atoms with van der Waals surface area (Å²) in [4.78, 5) is 0. The molecule has 0 saturated carbocycles. The van der Waals surface area contributed by atoms with Gasteiger partial charge in [0, 0.05) is 5.56 Å². The molecule has 1 N–H and O–H groups in total. The fraction of sp³-hybridized carbons (Fsp3) is 0.385. The van der Waals surface area contributed by atoms with Crippen LogP contribution in [0.2, 0.25) is 0 Å². The summed E-state index contributed by atoms with van der Waals surface area (Å²) in [5.41, 5.74) is -3.37. The summed E-state index contributed by atoms with van der Waals surface area (Å²) in [6, 6.07) is 3.67. The number of aliphatic hydroxyl groups is 1. The molecule has 1 aliphatic carbocycles. The first kappa shape index (κ1) is 13.9. The fourth-order valence-electron chi connectivity index (χ4n) is 2.28. The number of methoxy groups -OCH3 is 1. The molecule has 19 heavy (non-hydrogen) atoms. The average molecular weight is 276 g/mol. The summed E-state index contributed by atoms with van der Waals surface area (Å²) in [5.74, 6) is -1.06. The van der Waals surface area contributed by atoms with Crippen molar-refractivity contribution in [2.45, 2.75) is 24.6 Å². The Balaban J connectivity index is 2.56. The van der Waals surface area contributed by atoms with E-state index in [4.69, 9.17) is 4.74 Å². The van der Waals surface area contributed by atoms with Gasteiger partial charge >= 0.3 is 6.18 Å². The highest BCUT2D eigenvalue weighted by molar-refractivity contribution is 5.78. The van der Waals surface area contributed by atoms with Crippen LogP contribution in [0.25, 0.3) is 5.57 Å². The second-order valence-corrected chi connectivity index (χ2v) is 4.34. The van der Waals surface area contributed by atoms with Gasteiger partial charge < -0.3 is 9.84 Å². The molecule has 2 rings (SSSR count). The van der Waals surface area contributed by atoms with E-state index in [1.54, 1.807) is 0 Å². The predicted octanol–water partition coefficient (Wildman–Crippen LogP) is 3.30. The van der Waals surface area contributed by atoms with Gasteiger partial charge in [-0.1, -0.05) is 18.2 Å². The second kappa shape index (κ2) is 4.52. The molecule has 0 bridgehead atoms. The van der Waals surface area contributed by atoms with E-state index in [9.17, 15) is 22.7 Å². The van der Waals surface area contributed by atoms with Crippen LogP contribution in [0, 0.1) is 5.82 Å². The minimum atomic E-state index is -4.81. The van der Waals surface area contributed by atoms with Gasteiger partial charge in [0.15, 0.2) is 17.2 Å². The maximum absolute atomic E-state index is 13.5. The van der Waals surface area contributed by atoms with Crippen LogP contribution in [0.4, 0.5) is 17.6 Å². The van der Waals surface area contributed by atoms with Crippen LogP contribution in [0.3, 0.4) is 0 Å². The minimum absolute atomic E-state index is 0.0696. The first-order valence-electron chi connectivity index (χ1n) is 5.64. The predicted molar refractivity (Wildman–Crippen MR) is 61.2 cm³/mol. The minimum Gasteiger partial charge on any atom is -0.493 e. The molecule has 1 unspecified atom stereocenters. The van der Waals surface area contributed by atoms with E-state index in [1.807, 2.05) is 0 Å². The molecule has 0 fully saturated rings. The lowest BCUT2D eigenvalue weighted by molar-refractivity contribution is -0.234. The molecule has 0 radical (unpaired) electrons. The largest absolute Gasteiger partial charge is 0.493 e. The van der Waals surface area contributed by atoms with Crippen molar-refractivity contribution in [3.8, 4) is 5.75 Å². The lowest BCUT2D eigenvalue weighted by Crippen LogP contribution is -2.44. The highest BCUT2D eigenvalue weighted by Crippen LogP contribution is 2.49. The maximum atomic E-state index is 13.5. The number of alkyl halides is 3. The third-order valence-electron chi connectivity index (χ3n) is 3.23. The van der Waals surface area contributed by atoms with Gasteiger partial charge in [-0.3, -0.25) is 0 Å². The smallest absolute Gasteiger partial charge is 0.421 e. The maximum Gasteiger partial charge on any atom is 0.421 e. The van der Waals surface area contributed by atoms with Crippen LogP contribution in [0.5, 0.6) is 5.75 Å². The van der Waals surface area contributed by atoms with Crippen molar-refractivity contribution in [1.29, 1.82) is 0 Å². The Morgan fingerprint density at radius 2 is 2.00 bits per heavy atom. The van der Waals surface area contributed by atoms with Gasteiger partial charge in [0.25, 0.3) is 0 Å². The Bertz CT molecular complexity index is 522. The number of allylic oxidation sites excluding steroid dienone is 1. The van der Waals surface area contributed by atoms with Gasteiger partial charge in [-0.2, -0.15) is 13.2 Å². The molecule has 0 amide bonds. The van der Waals surface area contributed by atoms with Crippen LogP contribution in [0.15, 0.2) is 24.3 Å². The molecule has 1 aromatic rings. The van der Waals surface area contributed by atoms with E-state index >= 15 is 0 Å². The standard InChI is InChI=1S/C13H12F4O2/c1-19-11-8(4-2-6-10(11)14)9-5-3-7-12(9,18)13(15,16)17/h2,4-6,18H,3,7H2,1H3. The Hall–Kier alpha value is -1.56. The third-order valence-corrected chi connectivity index (χ3v) is 3.23. The van der Waals surface area contributed by atoms with E-state index in [0.717, 1.165) is 6.07 Å². The molecular weight excluding hydrogens is 264 g/mol. The fourth-order valence-corrected chi connectivity index (χ4v) is 2.28. The number of ether oxygens (including phenoxy) is 1. The topological polar surface area (TPSA) is 29.5 Å². The van der Waals surface area contributed by atoms with Crippen LogP contribution < -0.4 is 4.74 Å². The SMILES string of the molecule is COc1c(F)cccc1C1=CCCC1(O)C(F)(F)F. The molecule has 1 aromatic carbocycles. The van der Waals surface area contributed by atoms with Gasteiger partial charge in [-0.15, -0.1) is 0 Å². The normalized spacial score (nSPS) is 23.4. The lowest BCUT2D eigenvalue weighted by atomic mass is 9.89. The zero-order valence-corrected chi connectivity index (χ0v) is 10.1. The zero-order valence-electron chi connectivity index (χ0n) is 10.1. The summed E-state index contributed by atoms with van der Waals surface area (Å²) in [7, 11) is 1.17. The van der Waals surface area contributed by atoms with Crippen molar-refractivity contribution in [2.75, 3.05) is 7.11 Å². The number of benzene rings is 1. The van der Waals surface area contributed by atoms with Crippen LogP contribution in [0.1, 0.15) is 18.4 Å². The van der Waals surface area contributed by atoms with E-state index in [-0.39, 0.29) is 23.3 Å². The number of halogens is 4. The average Bonchev–Trinajstić information content (AvgIpc) is 2.71. The van der Waals surface area contributed by atoms with E-state index < -0.39 is 24.0 Å². The first-order valence-corrected chi connectivity index (χ1v) is 5.64. The number of hydrogen-bond acceptors (Lipinski definition) is 2. The molecule has 104 valence electrons. The number of hydrogen-bond donors (Lipinski definition) is 1. The van der Waals surface area contributed by atoms with Gasteiger partial charge in [0.05, 0.1) is 7.11 Å². The van der Waals surface area contributed by atoms with Gasteiger partial charge in [-0.05, 0) is 24.5 Å². The van der Waals surface area contributed by atoms with Crippen molar-refractivity contribution in [1.82, 2.24) is 0 Å². The molecule has 1 atom stereocenters. The zero-order chi connectivity index (χ0) is 14.3. The summed E-state index contributed by atoms with van der Waals surface area (Å²) < 4.78 is 57.3. The van der Waals surface area contributed by atoms with Crippen molar-refractivity contribution >= 4 is 5.57 Å². The molecule has 0 aliphatic heterocycles. The molecule has 0 saturated heterocycles. The third kappa shape index (κ3) is 2.10. The monoisotopic (exact) mass is 276 g/mol. The summed E-state index contributed by atoms with van der Waals surface area (Å²) in [6.07, 6.45) is -3.94. The summed E-state index contributed by atoms with van der Waals surface area (Å²) >= 11 is 0. The highest BCUT2D eigenvalue weighted by Gasteiger charge is 2.58. The van der Waals surface area contributed by atoms with Crippen molar-refractivity contribution in [3.63, 3.8) is 0 Å². The van der Waals surface area contributed by atoms with E-state index in [2.05, 4.69) is 0 Å². The molecule has 0 spiro atoms. The van der Waals surface area contributed by atoms with Crippen molar-refractivity contribution in [3.05, 3.63) is 35.7 Å². The molecule has 0 aromatic heterocycles. The highest BCUT2D eigenvalue weighted by atomic mass is 19.4. The van der Waals surface area contributed by atoms with E-state index in [1.165, 1.54) is 25.3 Å². The number of para-hydroxylation sites is 1. The number of rotatable bonds is 2. The summed E-state index contributed by atoms with van der Waals surface area (Å²) in [6.45, 7) is 0. The van der Waals surface area contributed by atoms with Gasteiger partial charge in [-0.25, -0.2) is 4.39 Å². The second-order valence-electron chi connectivity index (χ2n) is 4.34. The van der Waals surface area contributed by atoms with Crippen LogP contribution in [-0.4, -0.2) is 24.0 Å². The van der Waals surface area contributed by atoms with Gasteiger partial charge in [0.2, 0.25) is 0 Å². The Kier molecular flexibility index (Phi) is 3.30. The molecular formula is C13H12F4O2. The molecule has 6 heteroatoms. The van der Waals surface area contributed by atoms with E-state index in [0.29, 0.717) is 0 Å². The van der Waals surface area contributed by atoms with Crippen molar-refractivity contribution in [2.24, 2.45) is 0 Å².